The average molecular weight is 198 g/mol. The van der Waals surface area contributed by atoms with Crippen molar-refractivity contribution in [2.45, 2.75) is 13.8 Å². The molecular weight excluding hydrogens is 180 g/mol. The standard InChI is InChI=1S/C2H6N.2C2H5O.H2N.Ti/c3*1-2-3;;/h1-3H2;2*2H2,1H3;1H2;/q4*-1;+4. The van der Waals surface area contributed by atoms with Gasteiger partial charge in [0.2, 0.25) is 0 Å². The Morgan fingerprint density at radius 3 is 1.18 bits per heavy atom. The van der Waals surface area contributed by atoms with Gasteiger partial charge in [-0.2, -0.15) is 0 Å². The zero-order valence-electron chi connectivity index (χ0n) is 7.30. The normalized spacial score (nSPS) is 4.91. The molecule has 0 aliphatic rings. The summed E-state index contributed by atoms with van der Waals surface area (Å²) in [6.07, 6.45) is 0. The molecule has 4 nitrogen and oxygen atoms in total. The van der Waals surface area contributed by atoms with Gasteiger partial charge in [0.25, 0.3) is 0 Å². The first kappa shape index (κ1) is 30.0. The van der Waals surface area contributed by atoms with Crippen LogP contribution in [0.15, 0.2) is 0 Å². The smallest absolute Gasteiger partial charge is 0.855 e. The molecule has 0 saturated heterocycles. The zero-order valence-corrected chi connectivity index (χ0v) is 8.86. The van der Waals surface area contributed by atoms with Gasteiger partial charge in [0, 0.05) is 0 Å². The van der Waals surface area contributed by atoms with Crippen LogP contribution < -0.4 is 15.9 Å². The minimum atomic E-state index is 0. The maximum Gasteiger partial charge on any atom is 4.00 e. The molecule has 5 heteroatoms. The summed E-state index contributed by atoms with van der Waals surface area (Å²) in [6.45, 7) is 6.90. The third kappa shape index (κ3) is 2510. The van der Waals surface area contributed by atoms with Crippen LogP contribution in [-0.2, 0) is 21.7 Å². The molecule has 0 unspecified atom stereocenters. The Bertz CT molecular complexity index is 23.3. The molecule has 0 rings (SSSR count). The Hall–Kier alpha value is 0.554. The van der Waals surface area contributed by atoms with Crippen LogP contribution in [0.3, 0.4) is 0 Å². The van der Waals surface area contributed by atoms with E-state index in [1.165, 1.54) is 0 Å². The quantitative estimate of drug-likeness (QED) is 0.407. The predicted octanol–water partition coefficient (Wildman–Crippen LogP) is -0.773. The number of rotatable bonds is 0. The Morgan fingerprint density at radius 1 is 1.18 bits per heavy atom. The third-order valence-electron chi connectivity index (χ3n) is 0. The molecule has 0 saturated carbocycles. The second-order valence-corrected chi connectivity index (χ2v) is 0.866. The van der Waals surface area contributed by atoms with Gasteiger partial charge in [-0.3, -0.25) is 0 Å². The van der Waals surface area contributed by atoms with Crippen LogP contribution in [0.4, 0.5) is 0 Å². The van der Waals surface area contributed by atoms with Crippen molar-refractivity contribution in [3.8, 4) is 0 Å². The SMILES string of the molecule is CC[O-].CC[O-].[CH2-]CN.[NH2-].[Ti+4]. The summed E-state index contributed by atoms with van der Waals surface area (Å²) in [5.41, 5.74) is 4.74. The topological polar surface area (TPSA) is 106 Å². The molecular formula is C6H18N2O2Ti. The van der Waals surface area contributed by atoms with E-state index in [4.69, 9.17) is 15.9 Å². The maximum absolute atomic E-state index is 8.93. The van der Waals surface area contributed by atoms with Gasteiger partial charge >= 0.3 is 21.7 Å². The van der Waals surface area contributed by atoms with Gasteiger partial charge in [0.1, 0.15) is 0 Å². The van der Waals surface area contributed by atoms with E-state index < -0.39 is 0 Å². The molecule has 0 amide bonds. The Labute approximate surface area is 84.6 Å². The van der Waals surface area contributed by atoms with Gasteiger partial charge in [-0.25, -0.2) is 0 Å². The van der Waals surface area contributed by atoms with Gasteiger partial charge in [-0.15, -0.1) is 19.8 Å². The molecule has 0 aromatic heterocycles. The number of hydrogen-bond donors (Lipinski definition) is 1. The fourth-order valence-electron chi connectivity index (χ4n) is 0. The number of hydrogen-bond acceptors (Lipinski definition) is 3. The van der Waals surface area contributed by atoms with Gasteiger partial charge < -0.3 is 29.0 Å². The summed E-state index contributed by atoms with van der Waals surface area (Å²) in [5.74, 6) is 0. The minimum absolute atomic E-state index is 0. The summed E-state index contributed by atoms with van der Waals surface area (Å²) >= 11 is 0. The van der Waals surface area contributed by atoms with Gasteiger partial charge in [-0.1, -0.05) is 13.8 Å². The van der Waals surface area contributed by atoms with Crippen LogP contribution in [0.5, 0.6) is 0 Å². The van der Waals surface area contributed by atoms with Crippen LogP contribution >= 0.6 is 0 Å². The summed E-state index contributed by atoms with van der Waals surface area (Å²) in [4.78, 5) is 0. The fourth-order valence-corrected chi connectivity index (χ4v) is 0. The van der Waals surface area contributed by atoms with E-state index in [1.807, 2.05) is 0 Å². The van der Waals surface area contributed by atoms with Crippen molar-refractivity contribution in [3.63, 3.8) is 0 Å². The summed E-state index contributed by atoms with van der Waals surface area (Å²) in [7, 11) is 0. The molecule has 0 aliphatic carbocycles. The van der Waals surface area contributed by atoms with E-state index >= 15 is 0 Å². The van der Waals surface area contributed by atoms with E-state index in [1.54, 1.807) is 13.8 Å². The predicted molar refractivity (Wildman–Crippen MR) is 40.8 cm³/mol. The molecule has 0 atom stereocenters. The molecule has 4 N–H and O–H groups in total. The van der Waals surface area contributed by atoms with E-state index in [9.17, 15) is 0 Å². The molecule has 0 spiro atoms. The Kier molecular flexibility index (Phi) is 208. The van der Waals surface area contributed by atoms with E-state index in [-0.39, 0.29) is 41.1 Å². The van der Waals surface area contributed by atoms with E-state index in [0.717, 1.165) is 0 Å². The molecule has 0 radical (unpaired) electrons. The molecule has 0 heterocycles. The van der Waals surface area contributed by atoms with Gasteiger partial charge in [0.15, 0.2) is 0 Å². The van der Waals surface area contributed by atoms with Crippen LogP contribution in [0, 0.1) is 6.92 Å². The largest absolute Gasteiger partial charge is 4.00 e. The molecule has 68 valence electrons. The van der Waals surface area contributed by atoms with Crippen molar-refractivity contribution >= 4 is 0 Å². The molecule has 0 fully saturated rings. The first-order chi connectivity index (χ1) is 4.24. The maximum atomic E-state index is 8.93. The van der Waals surface area contributed by atoms with Gasteiger partial charge in [0.05, 0.1) is 0 Å². The van der Waals surface area contributed by atoms with Crippen LogP contribution in [0.1, 0.15) is 13.8 Å². The van der Waals surface area contributed by atoms with Crippen LogP contribution in [-0.4, -0.2) is 19.8 Å². The van der Waals surface area contributed by atoms with Crippen LogP contribution in [0.25, 0.3) is 6.15 Å². The van der Waals surface area contributed by atoms with E-state index in [2.05, 4.69) is 6.92 Å². The Morgan fingerprint density at radius 2 is 1.18 bits per heavy atom. The second-order valence-electron chi connectivity index (χ2n) is 0.866. The van der Waals surface area contributed by atoms with Crippen molar-refractivity contribution in [1.29, 1.82) is 0 Å². The molecule has 11 heavy (non-hydrogen) atoms. The average Bonchev–Trinajstić information content (AvgIpc) is 1.70. The Balaban J connectivity index is -0.0000000150. The third-order valence-corrected chi connectivity index (χ3v) is 0. The first-order valence-corrected chi connectivity index (χ1v) is 2.90. The molecule has 0 bridgehead atoms. The van der Waals surface area contributed by atoms with Crippen molar-refractivity contribution in [3.05, 3.63) is 13.1 Å². The van der Waals surface area contributed by atoms with Crippen molar-refractivity contribution in [2.24, 2.45) is 5.73 Å². The second kappa shape index (κ2) is 76.3. The monoisotopic (exact) mass is 198 g/mol. The zero-order chi connectivity index (χ0) is 8.12. The first-order valence-electron chi connectivity index (χ1n) is 2.90. The number of nitrogens with two attached hydrogens (primary N) is 2. The van der Waals surface area contributed by atoms with Crippen molar-refractivity contribution in [2.75, 3.05) is 19.8 Å². The summed E-state index contributed by atoms with van der Waals surface area (Å²) in [5, 5.41) is 17.9. The summed E-state index contributed by atoms with van der Waals surface area (Å²) in [6, 6.07) is 0. The molecule has 0 aromatic carbocycles. The summed E-state index contributed by atoms with van der Waals surface area (Å²) < 4.78 is 0. The fraction of sp³-hybridized carbons (Fsp3) is 0.833. The van der Waals surface area contributed by atoms with E-state index in [0.29, 0.717) is 6.54 Å². The molecule has 0 aliphatic heterocycles. The van der Waals surface area contributed by atoms with Crippen LogP contribution in [0.2, 0.25) is 0 Å². The minimum Gasteiger partial charge on any atom is -0.855 e. The van der Waals surface area contributed by atoms with Gasteiger partial charge in [-0.05, 0) is 0 Å². The van der Waals surface area contributed by atoms with Crippen molar-refractivity contribution in [1.82, 2.24) is 0 Å². The van der Waals surface area contributed by atoms with Crippen molar-refractivity contribution < 1.29 is 31.9 Å². The molecule has 0 aromatic rings.